The molecule has 0 aliphatic carbocycles. The number of hydrogen-bond acceptors (Lipinski definition) is 4. The summed E-state index contributed by atoms with van der Waals surface area (Å²) in [5, 5.41) is 5.50. The molecule has 3 rings (SSSR count). The van der Waals surface area contributed by atoms with Crippen molar-refractivity contribution in [3.8, 4) is 0 Å². The molecule has 0 saturated carbocycles. The molecule has 3 N–H and O–H groups in total. The van der Waals surface area contributed by atoms with Crippen molar-refractivity contribution >= 4 is 33.2 Å². The Morgan fingerprint density at radius 3 is 2.03 bits per heavy atom. The third kappa shape index (κ3) is 6.03. The van der Waals surface area contributed by atoms with Crippen LogP contribution in [-0.4, -0.2) is 26.3 Å². The average Bonchev–Trinajstić information content (AvgIpc) is 2.79. The van der Waals surface area contributed by atoms with E-state index in [2.05, 4.69) is 15.4 Å². The molecule has 0 heterocycles. The summed E-state index contributed by atoms with van der Waals surface area (Å²) < 4.78 is 27.3. The largest absolute Gasteiger partial charge is 0.322 e. The maximum Gasteiger partial charge on any atom is 0.255 e. The highest BCUT2D eigenvalue weighted by atomic mass is 32.2. The number of hydrogen-bond donors (Lipinski definition) is 3. The number of rotatable bonds is 8. The minimum atomic E-state index is -3.61. The van der Waals surface area contributed by atoms with Crippen LogP contribution in [0.15, 0.2) is 83.8 Å². The molecule has 1 atom stereocenters. The summed E-state index contributed by atoms with van der Waals surface area (Å²) in [6.45, 7) is 3.69. The van der Waals surface area contributed by atoms with E-state index in [0.29, 0.717) is 28.9 Å². The van der Waals surface area contributed by atoms with Gasteiger partial charge in [0.1, 0.15) is 0 Å². The highest BCUT2D eigenvalue weighted by Crippen LogP contribution is 2.17. The van der Waals surface area contributed by atoms with Crippen LogP contribution in [0.4, 0.5) is 11.4 Å². The monoisotopic (exact) mass is 451 g/mol. The van der Waals surface area contributed by atoms with Crippen molar-refractivity contribution in [3.05, 3.63) is 90.0 Å². The Labute approximate surface area is 187 Å². The summed E-state index contributed by atoms with van der Waals surface area (Å²) in [6.07, 6.45) is 0.679. The predicted octanol–water partition coefficient (Wildman–Crippen LogP) is 4.27. The van der Waals surface area contributed by atoms with Crippen molar-refractivity contribution in [2.75, 3.05) is 10.6 Å². The van der Waals surface area contributed by atoms with Gasteiger partial charge >= 0.3 is 0 Å². The summed E-state index contributed by atoms with van der Waals surface area (Å²) >= 11 is 0. The van der Waals surface area contributed by atoms with Crippen LogP contribution in [0.3, 0.4) is 0 Å². The standard InChI is InChI=1S/C24H25N3O4S/c1-3-17(2)27-32(30,31)22-14-12-20(13-15-22)25-24(29)19-10-7-11-21(16-19)26-23(28)18-8-5-4-6-9-18/h4-17,27H,3H2,1-2H3,(H,25,29)(H,26,28). The molecule has 7 nitrogen and oxygen atoms in total. The second-order valence-corrected chi connectivity index (χ2v) is 9.02. The van der Waals surface area contributed by atoms with E-state index in [1.807, 2.05) is 13.0 Å². The van der Waals surface area contributed by atoms with Crippen molar-refractivity contribution < 1.29 is 18.0 Å². The van der Waals surface area contributed by atoms with Crippen LogP contribution < -0.4 is 15.4 Å². The van der Waals surface area contributed by atoms with Crippen molar-refractivity contribution in [2.45, 2.75) is 31.2 Å². The zero-order chi connectivity index (χ0) is 23.1. The fraction of sp³-hybridized carbons (Fsp3) is 0.167. The topological polar surface area (TPSA) is 104 Å². The summed E-state index contributed by atoms with van der Waals surface area (Å²) in [4.78, 5) is 25.1. The molecular weight excluding hydrogens is 426 g/mol. The van der Waals surface area contributed by atoms with E-state index in [1.54, 1.807) is 55.5 Å². The molecule has 3 aromatic rings. The Bertz CT molecular complexity index is 1190. The van der Waals surface area contributed by atoms with Gasteiger partial charge in [-0.3, -0.25) is 9.59 Å². The smallest absolute Gasteiger partial charge is 0.255 e. The first-order valence-electron chi connectivity index (χ1n) is 10.2. The summed E-state index contributed by atoms with van der Waals surface area (Å²) in [5.74, 6) is -0.653. The lowest BCUT2D eigenvalue weighted by molar-refractivity contribution is 0.101. The Morgan fingerprint density at radius 2 is 1.38 bits per heavy atom. The zero-order valence-corrected chi connectivity index (χ0v) is 18.6. The number of carbonyl (C=O) groups is 2. The van der Waals surface area contributed by atoms with Gasteiger partial charge in [0.2, 0.25) is 10.0 Å². The summed E-state index contributed by atoms with van der Waals surface area (Å²) in [7, 11) is -3.61. The van der Waals surface area contributed by atoms with Gasteiger partial charge in [0.15, 0.2) is 0 Å². The number of benzene rings is 3. The molecule has 1 unspecified atom stereocenters. The SMILES string of the molecule is CCC(C)NS(=O)(=O)c1ccc(NC(=O)c2cccc(NC(=O)c3ccccc3)c2)cc1. The number of nitrogens with one attached hydrogen (secondary N) is 3. The first kappa shape index (κ1) is 23.2. The van der Waals surface area contributed by atoms with Gasteiger partial charge in [-0.2, -0.15) is 0 Å². The van der Waals surface area contributed by atoms with Gasteiger partial charge in [-0.25, -0.2) is 13.1 Å². The third-order valence-electron chi connectivity index (χ3n) is 4.81. The molecule has 166 valence electrons. The molecule has 32 heavy (non-hydrogen) atoms. The van der Waals surface area contributed by atoms with Crippen LogP contribution in [-0.2, 0) is 10.0 Å². The van der Waals surface area contributed by atoms with E-state index >= 15 is 0 Å². The molecule has 0 aliphatic heterocycles. The molecule has 0 radical (unpaired) electrons. The quantitative estimate of drug-likeness (QED) is 0.476. The first-order chi connectivity index (χ1) is 15.3. The van der Waals surface area contributed by atoms with Crippen molar-refractivity contribution in [3.63, 3.8) is 0 Å². The van der Waals surface area contributed by atoms with Gasteiger partial charge in [0.05, 0.1) is 4.90 Å². The minimum absolute atomic E-state index is 0.126. The lowest BCUT2D eigenvalue weighted by Crippen LogP contribution is -2.31. The Kier molecular flexibility index (Phi) is 7.40. The molecule has 2 amide bonds. The summed E-state index contributed by atoms with van der Waals surface area (Å²) in [5.41, 5.74) is 1.81. The van der Waals surface area contributed by atoms with Gasteiger partial charge < -0.3 is 10.6 Å². The Hall–Kier alpha value is -3.49. The van der Waals surface area contributed by atoms with E-state index in [0.717, 1.165) is 0 Å². The Balaban J connectivity index is 1.67. The van der Waals surface area contributed by atoms with E-state index in [4.69, 9.17) is 0 Å². The third-order valence-corrected chi connectivity index (χ3v) is 6.42. The molecule has 3 aromatic carbocycles. The second kappa shape index (κ2) is 10.2. The van der Waals surface area contributed by atoms with Gasteiger partial charge in [-0.1, -0.05) is 31.2 Å². The number of amides is 2. The minimum Gasteiger partial charge on any atom is -0.322 e. The van der Waals surface area contributed by atoms with E-state index in [-0.39, 0.29) is 22.8 Å². The number of carbonyl (C=O) groups excluding carboxylic acids is 2. The van der Waals surface area contributed by atoms with Crippen LogP contribution >= 0.6 is 0 Å². The van der Waals surface area contributed by atoms with Crippen molar-refractivity contribution in [2.24, 2.45) is 0 Å². The fourth-order valence-corrected chi connectivity index (χ4v) is 4.19. The van der Waals surface area contributed by atoms with Crippen LogP contribution in [0.25, 0.3) is 0 Å². The maximum absolute atomic E-state index is 12.6. The van der Waals surface area contributed by atoms with Crippen molar-refractivity contribution in [1.82, 2.24) is 4.72 Å². The lowest BCUT2D eigenvalue weighted by atomic mass is 10.1. The molecule has 0 aromatic heterocycles. The highest BCUT2D eigenvalue weighted by molar-refractivity contribution is 7.89. The normalized spacial score (nSPS) is 12.1. The number of anilines is 2. The fourth-order valence-electron chi connectivity index (χ4n) is 2.87. The predicted molar refractivity (Wildman–Crippen MR) is 125 cm³/mol. The Morgan fingerprint density at radius 1 is 0.781 bits per heavy atom. The molecule has 0 spiro atoms. The highest BCUT2D eigenvalue weighted by Gasteiger charge is 2.16. The van der Waals surface area contributed by atoms with Crippen molar-refractivity contribution in [1.29, 1.82) is 0 Å². The second-order valence-electron chi connectivity index (χ2n) is 7.31. The van der Waals surface area contributed by atoms with Gasteiger partial charge in [0, 0.05) is 28.5 Å². The van der Waals surface area contributed by atoms with Gasteiger partial charge in [-0.15, -0.1) is 0 Å². The summed E-state index contributed by atoms with van der Waals surface area (Å²) in [6, 6.07) is 21.1. The van der Waals surface area contributed by atoms with E-state index in [9.17, 15) is 18.0 Å². The lowest BCUT2D eigenvalue weighted by Gasteiger charge is -2.13. The van der Waals surface area contributed by atoms with E-state index < -0.39 is 10.0 Å². The van der Waals surface area contributed by atoms with Crippen LogP contribution in [0.1, 0.15) is 41.0 Å². The molecule has 0 fully saturated rings. The number of sulfonamides is 1. The molecule has 0 aliphatic rings. The molecular formula is C24H25N3O4S. The average molecular weight is 452 g/mol. The van der Waals surface area contributed by atoms with Crippen LogP contribution in [0.5, 0.6) is 0 Å². The molecule has 8 heteroatoms. The molecule has 0 bridgehead atoms. The molecule has 0 saturated heterocycles. The van der Waals surface area contributed by atoms with Gasteiger partial charge in [-0.05, 0) is 67.9 Å². The van der Waals surface area contributed by atoms with Crippen LogP contribution in [0.2, 0.25) is 0 Å². The van der Waals surface area contributed by atoms with E-state index in [1.165, 1.54) is 24.3 Å². The maximum atomic E-state index is 12.6. The zero-order valence-electron chi connectivity index (χ0n) is 17.8. The van der Waals surface area contributed by atoms with Crippen LogP contribution in [0, 0.1) is 0 Å². The first-order valence-corrected chi connectivity index (χ1v) is 11.7. The van der Waals surface area contributed by atoms with Gasteiger partial charge in [0.25, 0.3) is 11.8 Å².